The largest absolute Gasteiger partial charge is 0.477 e. The molecule has 0 radical (unpaired) electrons. The van der Waals surface area contributed by atoms with Gasteiger partial charge in [0.1, 0.15) is 5.69 Å². The average molecular weight is 302 g/mol. The van der Waals surface area contributed by atoms with Crippen molar-refractivity contribution < 1.29 is 14.7 Å². The standard InChI is InChI=1S/C13H10N4O3S/c14-5-6-21-10-4-2-1-3-8(10)12(18)15-11-7-9(13(19)20)16-17-11/h1-4,7H,6H2,(H,19,20)(H2,15,16,17,18). The Morgan fingerprint density at radius 3 is 2.86 bits per heavy atom. The predicted molar refractivity (Wildman–Crippen MR) is 76.3 cm³/mol. The van der Waals surface area contributed by atoms with Crippen LogP contribution < -0.4 is 5.32 Å². The highest BCUT2D eigenvalue weighted by Gasteiger charge is 2.14. The number of nitrogens with one attached hydrogen (secondary N) is 2. The highest BCUT2D eigenvalue weighted by atomic mass is 32.2. The number of aromatic nitrogens is 2. The number of rotatable bonds is 5. The van der Waals surface area contributed by atoms with Crippen molar-refractivity contribution in [1.29, 1.82) is 5.26 Å². The minimum absolute atomic E-state index is 0.113. The molecule has 0 atom stereocenters. The van der Waals surface area contributed by atoms with Crippen molar-refractivity contribution in [3.63, 3.8) is 0 Å². The number of carbonyl (C=O) groups is 2. The second-order valence-corrected chi connectivity index (χ2v) is 4.89. The van der Waals surface area contributed by atoms with Crippen LogP contribution in [0.1, 0.15) is 20.8 Å². The molecule has 106 valence electrons. The first-order valence-electron chi connectivity index (χ1n) is 5.80. The molecule has 2 aromatic rings. The van der Waals surface area contributed by atoms with Crippen LogP contribution in [0.15, 0.2) is 35.2 Å². The van der Waals surface area contributed by atoms with E-state index in [4.69, 9.17) is 10.4 Å². The van der Waals surface area contributed by atoms with E-state index >= 15 is 0 Å². The molecule has 7 nitrogen and oxygen atoms in total. The lowest BCUT2D eigenvalue weighted by atomic mass is 10.2. The minimum atomic E-state index is -1.16. The number of amides is 1. The molecule has 0 unspecified atom stereocenters. The quantitative estimate of drug-likeness (QED) is 0.726. The van der Waals surface area contributed by atoms with Gasteiger partial charge in [0.25, 0.3) is 5.91 Å². The summed E-state index contributed by atoms with van der Waals surface area (Å²) in [4.78, 5) is 23.6. The summed E-state index contributed by atoms with van der Waals surface area (Å²) in [6.45, 7) is 0. The summed E-state index contributed by atoms with van der Waals surface area (Å²) in [5.74, 6) is -1.22. The molecular weight excluding hydrogens is 292 g/mol. The number of benzene rings is 1. The molecule has 0 bridgehead atoms. The van der Waals surface area contributed by atoms with E-state index in [-0.39, 0.29) is 17.3 Å². The van der Waals surface area contributed by atoms with Gasteiger partial charge in [-0.2, -0.15) is 10.4 Å². The fourth-order valence-electron chi connectivity index (χ4n) is 1.57. The molecular formula is C13H10N4O3S. The van der Waals surface area contributed by atoms with Gasteiger partial charge in [-0.25, -0.2) is 4.79 Å². The summed E-state index contributed by atoms with van der Waals surface area (Å²) >= 11 is 1.25. The van der Waals surface area contributed by atoms with E-state index in [1.807, 2.05) is 6.07 Å². The zero-order chi connectivity index (χ0) is 15.2. The highest BCUT2D eigenvalue weighted by Crippen LogP contribution is 2.23. The summed E-state index contributed by atoms with van der Waals surface area (Å²) < 4.78 is 0. The van der Waals surface area contributed by atoms with Crippen molar-refractivity contribution in [2.75, 3.05) is 11.1 Å². The number of nitriles is 1. The van der Waals surface area contributed by atoms with Gasteiger partial charge in [0, 0.05) is 11.0 Å². The number of hydrogen-bond acceptors (Lipinski definition) is 5. The van der Waals surface area contributed by atoms with Crippen molar-refractivity contribution in [3.05, 3.63) is 41.6 Å². The number of H-pyrrole nitrogens is 1. The Bertz CT molecular complexity index is 720. The number of thioether (sulfide) groups is 1. The number of anilines is 1. The summed E-state index contributed by atoms with van der Waals surface area (Å²) in [6.07, 6.45) is 0. The molecule has 2 rings (SSSR count). The van der Waals surface area contributed by atoms with Crippen LogP contribution in [0.4, 0.5) is 5.82 Å². The Balaban J connectivity index is 2.16. The van der Waals surface area contributed by atoms with E-state index < -0.39 is 11.9 Å². The fraction of sp³-hybridized carbons (Fsp3) is 0.0769. The first kappa shape index (κ1) is 14.6. The van der Waals surface area contributed by atoms with E-state index in [9.17, 15) is 9.59 Å². The number of hydrogen-bond donors (Lipinski definition) is 3. The van der Waals surface area contributed by atoms with E-state index in [0.29, 0.717) is 10.5 Å². The molecule has 1 amide bonds. The molecule has 21 heavy (non-hydrogen) atoms. The lowest BCUT2D eigenvalue weighted by Gasteiger charge is -2.06. The number of nitrogens with zero attached hydrogens (tertiary/aromatic N) is 2. The van der Waals surface area contributed by atoms with E-state index in [1.165, 1.54) is 17.8 Å². The van der Waals surface area contributed by atoms with Gasteiger partial charge in [-0.05, 0) is 12.1 Å². The Morgan fingerprint density at radius 2 is 2.19 bits per heavy atom. The summed E-state index contributed by atoms with van der Waals surface area (Å²) in [7, 11) is 0. The van der Waals surface area contributed by atoms with Gasteiger partial charge in [-0.1, -0.05) is 12.1 Å². The molecule has 8 heteroatoms. The monoisotopic (exact) mass is 302 g/mol. The van der Waals surface area contributed by atoms with Gasteiger partial charge in [-0.3, -0.25) is 9.89 Å². The van der Waals surface area contributed by atoms with Gasteiger partial charge >= 0.3 is 5.97 Å². The van der Waals surface area contributed by atoms with E-state index in [1.54, 1.807) is 24.3 Å². The Kier molecular flexibility index (Phi) is 4.58. The average Bonchev–Trinajstić information content (AvgIpc) is 2.94. The third-order valence-corrected chi connectivity index (χ3v) is 3.41. The molecule has 0 saturated heterocycles. The zero-order valence-corrected chi connectivity index (χ0v) is 11.5. The van der Waals surface area contributed by atoms with Gasteiger partial charge < -0.3 is 10.4 Å². The summed E-state index contributed by atoms with van der Waals surface area (Å²) in [5, 5.41) is 25.9. The Labute approximate surface area is 124 Å². The second-order valence-electron chi connectivity index (χ2n) is 3.87. The van der Waals surface area contributed by atoms with Crippen molar-refractivity contribution in [2.24, 2.45) is 0 Å². The van der Waals surface area contributed by atoms with E-state index in [2.05, 4.69) is 15.5 Å². The Hall–Kier alpha value is -2.79. The number of aromatic amines is 1. The first-order valence-corrected chi connectivity index (χ1v) is 6.79. The van der Waals surface area contributed by atoms with Crippen LogP contribution in [0.3, 0.4) is 0 Å². The molecule has 1 aromatic heterocycles. The number of carboxylic acids is 1. The van der Waals surface area contributed by atoms with Crippen LogP contribution in [-0.4, -0.2) is 32.9 Å². The van der Waals surface area contributed by atoms with Gasteiger partial charge in [0.2, 0.25) is 0 Å². The maximum absolute atomic E-state index is 12.2. The highest BCUT2D eigenvalue weighted by molar-refractivity contribution is 7.99. The zero-order valence-electron chi connectivity index (χ0n) is 10.7. The van der Waals surface area contributed by atoms with Gasteiger partial charge in [0.05, 0.1) is 17.4 Å². The topological polar surface area (TPSA) is 119 Å². The molecule has 3 N–H and O–H groups in total. The maximum atomic E-state index is 12.2. The molecule has 1 aromatic carbocycles. The van der Waals surface area contributed by atoms with Crippen LogP contribution >= 0.6 is 11.8 Å². The van der Waals surface area contributed by atoms with E-state index in [0.717, 1.165) is 0 Å². The van der Waals surface area contributed by atoms with Crippen LogP contribution in [0, 0.1) is 11.3 Å². The van der Waals surface area contributed by atoms with Crippen LogP contribution in [0.2, 0.25) is 0 Å². The predicted octanol–water partition coefficient (Wildman–Crippen LogP) is 1.98. The third-order valence-electron chi connectivity index (χ3n) is 2.47. The molecule has 0 aliphatic rings. The molecule has 1 heterocycles. The molecule has 0 spiro atoms. The van der Waals surface area contributed by atoms with Crippen LogP contribution in [0.5, 0.6) is 0 Å². The van der Waals surface area contributed by atoms with Crippen LogP contribution in [0.25, 0.3) is 0 Å². The summed E-state index contributed by atoms with van der Waals surface area (Å²) in [5.41, 5.74) is 0.287. The minimum Gasteiger partial charge on any atom is -0.477 e. The molecule has 0 fully saturated rings. The smallest absolute Gasteiger partial charge is 0.353 e. The van der Waals surface area contributed by atoms with Crippen molar-refractivity contribution >= 4 is 29.5 Å². The normalized spacial score (nSPS) is 9.86. The van der Waals surface area contributed by atoms with Crippen LogP contribution in [-0.2, 0) is 0 Å². The number of carboxylic acid groups (broad SMARTS) is 1. The fourth-order valence-corrected chi connectivity index (χ4v) is 2.28. The maximum Gasteiger partial charge on any atom is 0.353 e. The third kappa shape index (κ3) is 3.61. The van der Waals surface area contributed by atoms with Crippen molar-refractivity contribution in [3.8, 4) is 6.07 Å². The first-order chi connectivity index (χ1) is 10.1. The molecule has 0 saturated carbocycles. The van der Waals surface area contributed by atoms with Gasteiger partial charge in [-0.15, -0.1) is 11.8 Å². The SMILES string of the molecule is N#CCSc1ccccc1C(=O)Nc1cc(C(=O)O)[nH]n1. The van der Waals surface area contributed by atoms with Gasteiger partial charge in [0.15, 0.2) is 5.82 Å². The van der Waals surface area contributed by atoms with Crippen molar-refractivity contribution in [1.82, 2.24) is 10.2 Å². The second kappa shape index (κ2) is 6.58. The Morgan fingerprint density at radius 1 is 1.43 bits per heavy atom. The lowest BCUT2D eigenvalue weighted by Crippen LogP contribution is -2.13. The molecule has 0 aliphatic carbocycles. The lowest BCUT2D eigenvalue weighted by molar-refractivity contribution is 0.0690. The number of carbonyl (C=O) groups excluding carboxylic acids is 1. The van der Waals surface area contributed by atoms with Crippen molar-refractivity contribution in [2.45, 2.75) is 4.90 Å². The molecule has 0 aliphatic heterocycles. The summed E-state index contributed by atoms with van der Waals surface area (Å²) in [6, 6.07) is 10.1. The number of aromatic carboxylic acids is 1.